The summed E-state index contributed by atoms with van der Waals surface area (Å²) in [6, 6.07) is 3.34. The number of piperidine rings is 1. The van der Waals surface area contributed by atoms with Gasteiger partial charge in [-0.25, -0.2) is 4.98 Å². The first-order valence-electron chi connectivity index (χ1n) is 7.45. The molecule has 1 aliphatic heterocycles. The Morgan fingerprint density at radius 3 is 2.75 bits per heavy atom. The standard InChI is InChI=1S/C15H21ClN4O2.2ClH/c1-17-7-6-14(21)20-8-2-3-11(10-20)15(22)19-13-5-4-12(16)9-18-13;;/h4-5,9,11,17H,2-3,6-8,10H2,1H3,(H,18,19,22);2*1H. The summed E-state index contributed by atoms with van der Waals surface area (Å²) in [6.07, 6.45) is 3.59. The van der Waals surface area contributed by atoms with Gasteiger partial charge in [-0.3, -0.25) is 9.59 Å². The number of aromatic nitrogens is 1. The molecule has 1 fully saturated rings. The lowest BCUT2D eigenvalue weighted by Gasteiger charge is -2.32. The van der Waals surface area contributed by atoms with Crippen molar-refractivity contribution in [3.05, 3.63) is 23.4 Å². The van der Waals surface area contributed by atoms with Crippen molar-refractivity contribution in [3.63, 3.8) is 0 Å². The van der Waals surface area contributed by atoms with Crippen LogP contribution in [-0.4, -0.2) is 48.4 Å². The van der Waals surface area contributed by atoms with Crippen molar-refractivity contribution in [3.8, 4) is 0 Å². The van der Waals surface area contributed by atoms with Crippen LogP contribution in [-0.2, 0) is 9.59 Å². The molecule has 2 N–H and O–H groups in total. The lowest BCUT2D eigenvalue weighted by atomic mass is 9.97. The summed E-state index contributed by atoms with van der Waals surface area (Å²) in [5.74, 6) is 0.287. The van der Waals surface area contributed by atoms with Crippen molar-refractivity contribution >= 4 is 54.0 Å². The van der Waals surface area contributed by atoms with Crippen molar-refractivity contribution in [2.24, 2.45) is 5.92 Å². The molecule has 2 heterocycles. The van der Waals surface area contributed by atoms with Crippen LogP contribution >= 0.6 is 36.4 Å². The van der Waals surface area contributed by atoms with Gasteiger partial charge >= 0.3 is 0 Å². The van der Waals surface area contributed by atoms with Gasteiger partial charge in [-0.15, -0.1) is 24.8 Å². The molecule has 136 valence electrons. The highest BCUT2D eigenvalue weighted by Gasteiger charge is 2.28. The SMILES string of the molecule is CNCCC(=O)N1CCCC(C(=O)Nc2ccc(Cl)cn2)C1.Cl.Cl. The highest BCUT2D eigenvalue weighted by Crippen LogP contribution is 2.19. The second-order valence-corrected chi connectivity index (χ2v) is 5.82. The number of nitrogens with one attached hydrogen (secondary N) is 2. The number of amides is 2. The topological polar surface area (TPSA) is 74.3 Å². The van der Waals surface area contributed by atoms with E-state index < -0.39 is 0 Å². The predicted octanol–water partition coefficient (Wildman–Crippen LogP) is 2.37. The number of hydrogen-bond acceptors (Lipinski definition) is 4. The minimum absolute atomic E-state index is 0. The average molecular weight is 398 g/mol. The van der Waals surface area contributed by atoms with Gasteiger partial charge in [0.2, 0.25) is 11.8 Å². The van der Waals surface area contributed by atoms with Gasteiger partial charge in [-0.2, -0.15) is 0 Å². The van der Waals surface area contributed by atoms with Gasteiger partial charge in [-0.05, 0) is 32.0 Å². The molecule has 0 spiro atoms. The van der Waals surface area contributed by atoms with Crippen LogP contribution in [0.2, 0.25) is 5.02 Å². The monoisotopic (exact) mass is 396 g/mol. The van der Waals surface area contributed by atoms with E-state index >= 15 is 0 Å². The van der Waals surface area contributed by atoms with E-state index in [1.807, 2.05) is 7.05 Å². The second-order valence-electron chi connectivity index (χ2n) is 5.38. The highest BCUT2D eigenvalue weighted by atomic mass is 35.5. The minimum atomic E-state index is -0.190. The fourth-order valence-corrected chi connectivity index (χ4v) is 2.60. The molecule has 9 heteroatoms. The maximum Gasteiger partial charge on any atom is 0.230 e. The average Bonchev–Trinajstić information content (AvgIpc) is 2.54. The molecule has 1 atom stereocenters. The Morgan fingerprint density at radius 2 is 2.12 bits per heavy atom. The third-order valence-corrected chi connectivity index (χ3v) is 3.94. The van der Waals surface area contributed by atoms with Crippen LogP contribution in [0.15, 0.2) is 18.3 Å². The van der Waals surface area contributed by atoms with Crippen molar-refractivity contribution in [1.82, 2.24) is 15.2 Å². The van der Waals surface area contributed by atoms with Gasteiger partial charge in [0, 0.05) is 32.3 Å². The van der Waals surface area contributed by atoms with Crippen LogP contribution in [0.1, 0.15) is 19.3 Å². The molecule has 24 heavy (non-hydrogen) atoms. The maximum atomic E-state index is 12.3. The molecule has 0 radical (unpaired) electrons. The Morgan fingerprint density at radius 1 is 1.38 bits per heavy atom. The van der Waals surface area contributed by atoms with E-state index in [0.29, 0.717) is 30.4 Å². The number of likely N-dealkylation sites (tertiary alicyclic amines) is 1. The number of carbonyl (C=O) groups excluding carboxylic acids is 2. The second kappa shape index (κ2) is 11.5. The zero-order valence-electron chi connectivity index (χ0n) is 13.5. The maximum absolute atomic E-state index is 12.3. The van der Waals surface area contributed by atoms with Crippen LogP contribution in [0.25, 0.3) is 0 Å². The molecular weight excluding hydrogens is 375 g/mol. The van der Waals surface area contributed by atoms with Gasteiger partial charge in [0.1, 0.15) is 5.82 Å². The Labute approximate surface area is 159 Å². The number of pyridine rings is 1. The number of rotatable bonds is 5. The van der Waals surface area contributed by atoms with Gasteiger partial charge < -0.3 is 15.5 Å². The largest absolute Gasteiger partial charge is 0.342 e. The Hall–Kier alpha value is -1.08. The summed E-state index contributed by atoms with van der Waals surface area (Å²) >= 11 is 5.77. The van der Waals surface area contributed by atoms with Crippen LogP contribution < -0.4 is 10.6 Å². The first-order chi connectivity index (χ1) is 10.6. The van der Waals surface area contributed by atoms with E-state index in [9.17, 15) is 9.59 Å². The first-order valence-corrected chi connectivity index (χ1v) is 7.82. The Balaban J connectivity index is 0.00000264. The van der Waals surface area contributed by atoms with E-state index in [1.165, 1.54) is 6.20 Å². The summed E-state index contributed by atoms with van der Waals surface area (Å²) in [6.45, 7) is 1.86. The van der Waals surface area contributed by atoms with Gasteiger partial charge in [0.25, 0.3) is 0 Å². The van der Waals surface area contributed by atoms with E-state index in [4.69, 9.17) is 11.6 Å². The van der Waals surface area contributed by atoms with Crippen molar-refractivity contribution in [2.75, 3.05) is 32.0 Å². The number of anilines is 1. The van der Waals surface area contributed by atoms with Crippen molar-refractivity contribution < 1.29 is 9.59 Å². The molecule has 0 bridgehead atoms. The van der Waals surface area contributed by atoms with Gasteiger partial charge in [0.05, 0.1) is 10.9 Å². The van der Waals surface area contributed by atoms with Crippen LogP contribution in [0.5, 0.6) is 0 Å². The van der Waals surface area contributed by atoms with E-state index in [0.717, 1.165) is 19.4 Å². The van der Waals surface area contributed by atoms with Gasteiger partial charge in [-0.1, -0.05) is 11.6 Å². The first kappa shape index (κ1) is 22.9. The van der Waals surface area contributed by atoms with Crippen molar-refractivity contribution in [1.29, 1.82) is 0 Å². The normalized spacial score (nSPS) is 16.6. The molecule has 0 aliphatic carbocycles. The highest BCUT2D eigenvalue weighted by molar-refractivity contribution is 6.30. The number of nitrogens with zero attached hydrogens (tertiary/aromatic N) is 2. The quantitative estimate of drug-likeness (QED) is 0.800. The van der Waals surface area contributed by atoms with Gasteiger partial charge in [0.15, 0.2) is 0 Å². The Bertz CT molecular complexity index is 528. The lowest BCUT2D eigenvalue weighted by Crippen LogP contribution is -2.44. The molecule has 0 saturated carbocycles. The summed E-state index contributed by atoms with van der Waals surface area (Å²) in [5, 5.41) is 6.27. The number of halogens is 3. The molecule has 2 amide bonds. The molecule has 1 unspecified atom stereocenters. The van der Waals surface area contributed by atoms with E-state index in [-0.39, 0.29) is 42.5 Å². The van der Waals surface area contributed by atoms with E-state index in [1.54, 1.807) is 17.0 Å². The third kappa shape index (κ3) is 6.81. The van der Waals surface area contributed by atoms with Crippen molar-refractivity contribution in [2.45, 2.75) is 19.3 Å². The molecule has 1 aromatic heterocycles. The molecule has 1 aromatic rings. The van der Waals surface area contributed by atoms with Crippen LogP contribution in [0.4, 0.5) is 5.82 Å². The molecule has 1 saturated heterocycles. The predicted molar refractivity (Wildman–Crippen MR) is 100 cm³/mol. The minimum Gasteiger partial charge on any atom is -0.342 e. The number of hydrogen-bond donors (Lipinski definition) is 2. The lowest BCUT2D eigenvalue weighted by molar-refractivity contribution is -0.134. The zero-order chi connectivity index (χ0) is 15.9. The summed E-state index contributed by atoms with van der Waals surface area (Å²) in [4.78, 5) is 30.2. The fourth-order valence-electron chi connectivity index (χ4n) is 2.49. The molecule has 1 aliphatic rings. The molecule has 2 rings (SSSR count). The van der Waals surface area contributed by atoms with E-state index in [2.05, 4.69) is 15.6 Å². The Kier molecular flexibility index (Phi) is 11.0. The summed E-state index contributed by atoms with van der Waals surface area (Å²) in [7, 11) is 1.82. The zero-order valence-corrected chi connectivity index (χ0v) is 15.8. The smallest absolute Gasteiger partial charge is 0.230 e. The molecule has 6 nitrogen and oxygen atoms in total. The fraction of sp³-hybridized carbons (Fsp3) is 0.533. The van der Waals surface area contributed by atoms with Crippen LogP contribution in [0.3, 0.4) is 0 Å². The summed E-state index contributed by atoms with van der Waals surface area (Å²) in [5.41, 5.74) is 0. The summed E-state index contributed by atoms with van der Waals surface area (Å²) < 4.78 is 0. The molecular formula is C15H23Cl3N4O2. The third-order valence-electron chi connectivity index (χ3n) is 3.71. The van der Waals surface area contributed by atoms with Crippen LogP contribution in [0, 0.1) is 5.92 Å². The molecule has 0 aromatic carbocycles. The number of carbonyl (C=O) groups is 2.